The van der Waals surface area contributed by atoms with E-state index in [0.29, 0.717) is 6.54 Å². The molecule has 0 aliphatic carbocycles. The van der Waals surface area contributed by atoms with Crippen LogP contribution in [0.5, 0.6) is 0 Å². The first-order valence-electron chi connectivity index (χ1n) is 3.19. The lowest BCUT2D eigenvalue weighted by molar-refractivity contribution is 0.304. The molecule has 1 rings (SSSR count). The molecule has 0 atom stereocenters. The molecule has 0 aliphatic rings. The maximum Gasteiger partial charge on any atom is 0.0606 e. The number of rotatable bonds is 3. The molecule has 0 saturated carbocycles. The lowest BCUT2D eigenvalue weighted by Crippen LogP contribution is -2.20. The zero-order chi connectivity index (χ0) is 7.40. The normalized spacial score (nSPS) is 9.80. The summed E-state index contributed by atoms with van der Waals surface area (Å²) in [7, 11) is 1.97. The van der Waals surface area contributed by atoms with Gasteiger partial charge in [0, 0.05) is 24.7 Å². The Balaban J connectivity index is 2.50. The van der Waals surface area contributed by atoms with Gasteiger partial charge in [-0.05, 0) is 11.4 Å². The van der Waals surface area contributed by atoms with Crippen LogP contribution in [-0.4, -0.2) is 25.3 Å². The van der Waals surface area contributed by atoms with Crippen LogP contribution in [0.1, 0.15) is 0 Å². The SMILES string of the molecule is CN(CCO)c1ccsc1. The molecule has 0 bridgehead atoms. The number of thiophene rings is 1. The number of likely N-dealkylation sites (N-methyl/N-ethyl adjacent to an activating group) is 1. The topological polar surface area (TPSA) is 23.5 Å². The molecule has 0 amide bonds. The van der Waals surface area contributed by atoms with Gasteiger partial charge >= 0.3 is 0 Å². The smallest absolute Gasteiger partial charge is 0.0606 e. The number of nitrogens with zero attached hydrogens (tertiary/aromatic N) is 1. The van der Waals surface area contributed by atoms with Gasteiger partial charge < -0.3 is 10.0 Å². The molecule has 56 valence electrons. The van der Waals surface area contributed by atoms with Crippen molar-refractivity contribution in [3.8, 4) is 0 Å². The Morgan fingerprint density at radius 3 is 3.00 bits per heavy atom. The summed E-state index contributed by atoms with van der Waals surface area (Å²) >= 11 is 1.67. The second kappa shape index (κ2) is 3.58. The van der Waals surface area contributed by atoms with E-state index in [2.05, 4.69) is 5.38 Å². The van der Waals surface area contributed by atoms with Crippen molar-refractivity contribution < 1.29 is 5.11 Å². The van der Waals surface area contributed by atoms with Gasteiger partial charge in [0.15, 0.2) is 0 Å². The fourth-order valence-corrected chi connectivity index (χ4v) is 1.45. The Morgan fingerprint density at radius 2 is 2.50 bits per heavy atom. The van der Waals surface area contributed by atoms with Gasteiger partial charge in [0.05, 0.1) is 6.61 Å². The molecule has 1 heterocycles. The van der Waals surface area contributed by atoms with Gasteiger partial charge in [-0.1, -0.05) is 0 Å². The van der Waals surface area contributed by atoms with Gasteiger partial charge in [0.25, 0.3) is 0 Å². The zero-order valence-corrected chi connectivity index (χ0v) is 6.77. The van der Waals surface area contributed by atoms with Gasteiger partial charge in [0.2, 0.25) is 0 Å². The van der Waals surface area contributed by atoms with Crippen LogP contribution < -0.4 is 4.90 Å². The maximum absolute atomic E-state index is 8.60. The summed E-state index contributed by atoms with van der Waals surface area (Å²) in [4.78, 5) is 2.02. The second-order valence-corrected chi connectivity index (χ2v) is 2.91. The minimum Gasteiger partial charge on any atom is -0.395 e. The van der Waals surface area contributed by atoms with Crippen molar-refractivity contribution in [1.29, 1.82) is 0 Å². The molecule has 0 spiro atoms. The molecule has 0 radical (unpaired) electrons. The summed E-state index contributed by atoms with van der Waals surface area (Å²) in [5, 5.41) is 12.7. The second-order valence-electron chi connectivity index (χ2n) is 2.13. The van der Waals surface area contributed by atoms with Gasteiger partial charge in [-0.25, -0.2) is 0 Å². The fourth-order valence-electron chi connectivity index (χ4n) is 0.754. The molecule has 1 N–H and O–H groups in total. The number of hydrogen-bond donors (Lipinski definition) is 1. The van der Waals surface area contributed by atoms with Crippen molar-refractivity contribution in [1.82, 2.24) is 0 Å². The maximum atomic E-state index is 8.60. The van der Waals surface area contributed by atoms with E-state index in [0.717, 1.165) is 0 Å². The molecule has 1 aromatic heterocycles. The Morgan fingerprint density at radius 1 is 1.70 bits per heavy atom. The van der Waals surface area contributed by atoms with Crippen molar-refractivity contribution in [3.63, 3.8) is 0 Å². The Labute approximate surface area is 64.7 Å². The molecule has 3 heteroatoms. The molecule has 0 fully saturated rings. The Bertz CT molecular complexity index is 174. The van der Waals surface area contributed by atoms with E-state index < -0.39 is 0 Å². The van der Waals surface area contributed by atoms with Crippen molar-refractivity contribution in [3.05, 3.63) is 16.8 Å². The quantitative estimate of drug-likeness (QED) is 0.712. The third-order valence-corrected chi connectivity index (χ3v) is 2.05. The third kappa shape index (κ3) is 1.72. The average molecular weight is 157 g/mol. The van der Waals surface area contributed by atoms with Crippen LogP contribution in [0.25, 0.3) is 0 Å². The van der Waals surface area contributed by atoms with Gasteiger partial charge in [-0.15, -0.1) is 0 Å². The largest absolute Gasteiger partial charge is 0.395 e. The standard InChI is InChI=1S/C7H11NOS/c1-8(3-4-9)7-2-5-10-6-7/h2,5-6,9H,3-4H2,1H3. The number of aliphatic hydroxyl groups is 1. The van der Waals surface area contributed by atoms with Gasteiger partial charge in [-0.3, -0.25) is 0 Å². The van der Waals surface area contributed by atoms with Crippen molar-refractivity contribution in [2.24, 2.45) is 0 Å². The lowest BCUT2D eigenvalue weighted by atomic mass is 10.4. The van der Waals surface area contributed by atoms with E-state index in [9.17, 15) is 0 Å². The predicted molar refractivity (Wildman–Crippen MR) is 44.7 cm³/mol. The molecule has 0 unspecified atom stereocenters. The van der Waals surface area contributed by atoms with E-state index in [1.54, 1.807) is 11.3 Å². The van der Waals surface area contributed by atoms with Gasteiger partial charge in [-0.2, -0.15) is 11.3 Å². The highest BCUT2D eigenvalue weighted by Crippen LogP contribution is 2.15. The molecule has 10 heavy (non-hydrogen) atoms. The van der Waals surface area contributed by atoms with E-state index in [4.69, 9.17) is 5.11 Å². The monoisotopic (exact) mass is 157 g/mol. The van der Waals surface area contributed by atoms with E-state index in [1.165, 1.54) is 5.69 Å². The molecule has 0 aromatic carbocycles. The molecular weight excluding hydrogens is 146 g/mol. The average Bonchev–Trinajstić information content (AvgIpc) is 2.38. The summed E-state index contributed by atoms with van der Waals surface area (Å²) in [6, 6.07) is 2.04. The molecule has 1 aromatic rings. The minimum absolute atomic E-state index is 0.215. The summed E-state index contributed by atoms with van der Waals surface area (Å²) in [6.07, 6.45) is 0. The van der Waals surface area contributed by atoms with Crippen LogP contribution in [-0.2, 0) is 0 Å². The van der Waals surface area contributed by atoms with Crippen LogP contribution in [0, 0.1) is 0 Å². The fraction of sp³-hybridized carbons (Fsp3) is 0.429. The van der Waals surface area contributed by atoms with Crippen molar-refractivity contribution in [2.45, 2.75) is 0 Å². The van der Waals surface area contributed by atoms with E-state index in [-0.39, 0.29) is 6.61 Å². The van der Waals surface area contributed by atoms with Crippen LogP contribution >= 0.6 is 11.3 Å². The van der Waals surface area contributed by atoms with Crippen LogP contribution in [0.2, 0.25) is 0 Å². The summed E-state index contributed by atoms with van der Waals surface area (Å²) in [5.41, 5.74) is 1.18. The summed E-state index contributed by atoms with van der Waals surface area (Å²) in [6.45, 7) is 0.920. The van der Waals surface area contributed by atoms with Gasteiger partial charge in [0.1, 0.15) is 0 Å². The summed E-state index contributed by atoms with van der Waals surface area (Å²) < 4.78 is 0. The van der Waals surface area contributed by atoms with Crippen LogP contribution in [0.15, 0.2) is 16.8 Å². The number of hydrogen-bond acceptors (Lipinski definition) is 3. The van der Waals surface area contributed by atoms with E-state index >= 15 is 0 Å². The predicted octanol–water partition coefficient (Wildman–Crippen LogP) is 1.18. The molecular formula is C7H11NOS. The van der Waals surface area contributed by atoms with Crippen LogP contribution in [0.4, 0.5) is 5.69 Å². The van der Waals surface area contributed by atoms with E-state index in [1.807, 2.05) is 23.4 Å². The molecule has 0 aliphatic heterocycles. The number of anilines is 1. The van der Waals surface area contributed by atoms with Crippen molar-refractivity contribution >= 4 is 17.0 Å². The molecule has 0 saturated heterocycles. The first kappa shape index (κ1) is 7.57. The number of aliphatic hydroxyl groups excluding tert-OH is 1. The highest BCUT2D eigenvalue weighted by Gasteiger charge is 1.97. The zero-order valence-electron chi connectivity index (χ0n) is 5.95. The lowest BCUT2D eigenvalue weighted by Gasteiger charge is -2.14. The molecule has 2 nitrogen and oxygen atoms in total. The Hall–Kier alpha value is -0.540. The van der Waals surface area contributed by atoms with Crippen LogP contribution in [0.3, 0.4) is 0 Å². The highest BCUT2D eigenvalue weighted by atomic mass is 32.1. The first-order chi connectivity index (χ1) is 4.84. The minimum atomic E-state index is 0.215. The Kier molecular flexibility index (Phi) is 2.71. The highest BCUT2D eigenvalue weighted by molar-refractivity contribution is 7.08. The van der Waals surface area contributed by atoms with Crippen molar-refractivity contribution in [2.75, 3.05) is 25.1 Å². The first-order valence-corrected chi connectivity index (χ1v) is 4.13. The summed E-state index contributed by atoms with van der Waals surface area (Å²) in [5.74, 6) is 0. The third-order valence-electron chi connectivity index (χ3n) is 1.38.